The summed E-state index contributed by atoms with van der Waals surface area (Å²) in [5.74, 6) is 2.03. The van der Waals surface area contributed by atoms with Gasteiger partial charge in [0.1, 0.15) is 0 Å². The fraction of sp³-hybridized carbons (Fsp3) is 0.533. The Morgan fingerprint density at radius 1 is 1.25 bits per heavy atom. The Morgan fingerprint density at radius 3 is 2.75 bits per heavy atom. The fourth-order valence-corrected chi connectivity index (χ4v) is 1.87. The van der Waals surface area contributed by atoms with Crippen LogP contribution in [0.3, 0.4) is 0 Å². The molecule has 0 bridgehead atoms. The lowest BCUT2D eigenvalue weighted by Crippen LogP contribution is -2.42. The van der Waals surface area contributed by atoms with Crippen LogP contribution in [0.2, 0.25) is 0 Å². The van der Waals surface area contributed by atoms with Gasteiger partial charge in [-0.3, -0.25) is 4.79 Å². The van der Waals surface area contributed by atoms with E-state index in [1.54, 1.807) is 0 Å². The SMILES string of the molecule is CC(C)CNC(=O)C(C)NCc1ccc2c(c1)OCO2. The van der Waals surface area contributed by atoms with Crippen molar-refractivity contribution in [2.24, 2.45) is 5.92 Å². The van der Waals surface area contributed by atoms with Crippen LogP contribution in [0.4, 0.5) is 0 Å². The van der Waals surface area contributed by atoms with Crippen molar-refractivity contribution in [2.75, 3.05) is 13.3 Å². The molecule has 20 heavy (non-hydrogen) atoms. The molecule has 1 aromatic carbocycles. The maximum atomic E-state index is 11.8. The molecule has 1 amide bonds. The molecule has 1 aliphatic heterocycles. The third kappa shape index (κ3) is 3.87. The highest BCUT2D eigenvalue weighted by molar-refractivity contribution is 5.81. The minimum atomic E-state index is -0.223. The van der Waals surface area contributed by atoms with Gasteiger partial charge < -0.3 is 20.1 Å². The van der Waals surface area contributed by atoms with Gasteiger partial charge in [0.25, 0.3) is 0 Å². The minimum Gasteiger partial charge on any atom is -0.454 e. The molecular formula is C15H22N2O3. The second-order valence-corrected chi connectivity index (χ2v) is 5.43. The quantitative estimate of drug-likeness (QED) is 0.831. The molecule has 0 saturated carbocycles. The van der Waals surface area contributed by atoms with Crippen LogP contribution in [-0.2, 0) is 11.3 Å². The number of amides is 1. The molecule has 5 heteroatoms. The zero-order valence-corrected chi connectivity index (χ0v) is 12.2. The van der Waals surface area contributed by atoms with Crippen LogP contribution in [0.1, 0.15) is 26.3 Å². The summed E-state index contributed by atoms with van der Waals surface area (Å²) in [4.78, 5) is 11.8. The molecule has 2 N–H and O–H groups in total. The summed E-state index contributed by atoms with van der Waals surface area (Å²) in [6, 6.07) is 5.58. The van der Waals surface area contributed by atoms with Gasteiger partial charge in [-0.15, -0.1) is 0 Å². The van der Waals surface area contributed by atoms with E-state index in [4.69, 9.17) is 9.47 Å². The smallest absolute Gasteiger partial charge is 0.236 e. The average Bonchev–Trinajstić information content (AvgIpc) is 2.89. The van der Waals surface area contributed by atoms with Crippen molar-refractivity contribution >= 4 is 5.91 Å². The molecule has 0 aromatic heterocycles. The Hall–Kier alpha value is -1.75. The van der Waals surface area contributed by atoms with Gasteiger partial charge in [0.05, 0.1) is 6.04 Å². The minimum absolute atomic E-state index is 0.0273. The van der Waals surface area contributed by atoms with Gasteiger partial charge in [-0.25, -0.2) is 0 Å². The zero-order valence-electron chi connectivity index (χ0n) is 12.2. The second-order valence-electron chi connectivity index (χ2n) is 5.43. The Morgan fingerprint density at radius 2 is 2.00 bits per heavy atom. The first kappa shape index (κ1) is 14.7. The van der Waals surface area contributed by atoms with E-state index in [9.17, 15) is 4.79 Å². The predicted octanol–water partition coefficient (Wildman–Crippen LogP) is 1.67. The number of carbonyl (C=O) groups is 1. The number of rotatable bonds is 6. The number of ether oxygens (including phenoxy) is 2. The molecule has 1 aromatic rings. The molecular weight excluding hydrogens is 256 g/mol. The Balaban J connectivity index is 1.81. The molecule has 0 spiro atoms. The zero-order chi connectivity index (χ0) is 14.5. The molecule has 1 aliphatic rings. The normalized spacial score (nSPS) is 14.4. The van der Waals surface area contributed by atoms with E-state index in [2.05, 4.69) is 24.5 Å². The molecule has 0 saturated heterocycles. The molecule has 0 radical (unpaired) electrons. The summed E-state index contributed by atoms with van der Waals surface area (Å²) in [5.41, 5.74) is 1.07. The van der Waals surface area contributed by atoms with E-state index in [1.165, 1.54) is 0 Å². The average molecular weight is 278 g/mol. The number of fused-ring (bicyclic) bond motifs is 1. The van der Waals surface area contributed by atoms with Crippen LogP contribution in [-0.4, -0.2) is 25.3 Å². The Bertz CT molecular complexity index is 474. The largest absolute Gasteiger partial charge is 0.454 e. The number of benzene rings is 1. The first-order valence-corrected chi connectivity index (χ1v) is 6.96. The van der Waals surface area contributed by atoms with E-state index >= 15 is 0 Å². The summed E-state index contributed by atoms with van der Waals surface area (Å²) in [5, 5.41) is 6.12. The molecule has 5 nitrogen and oxygen atoms in total. The lowest BCUT2D eigenvalue weighted by Gasteiger charge is -2.15. The lowest BCUT2D eigenvalue weighted by molar-refractivity contribution is -0.122. The number of hydrogen-bond acceptors (Lipinski definition) is 4. The monoisotopic (exact) mass is 278 g/mol. The molecule has 110 valence electrons. The van der Waals surface area contributed by atoms with E-state index in [0.717, 1.165) is 17.1 Å². The summed E-state index contributed by atoms with van der Waals surface area (Å²) in [6.45, 7) is 7.61. The molecule has 0 aliphatic carbocycles. The third-order valence-corrected chi connectivity index (χ3v) is 3.13. The predicted molar refractivity (Wildman–Crippen MR) is 76.7 cm³/mol. The molecule has 1 unspecified atom stereocenters. The summed E-state index contributed by atoms with van der Waals surface area (Å²) in [6.07, 6.45) is 0. The van der Waals surface area contributed by atoms with Crippen LogP contribution in [0.25, 0.3) is 0 Å². The Labute approximate surface area is 119 Å². The van der Waals surface area contributed by atoms with Crippen molar-refractivity contribution in [3.8, 4) is 11.5 Å². The van der Waals surface area contributed by atoms with E-state index in [1.807, 2.05) is 25.1 Å². The summed E-state index contributed by atoms with van der Waals surface area (Å²) in [7, 11) is 0. The third-order valence-electron chi connectivity index (χ3n) is 3.13. The van der Waals surface area contributed by atoms with Crippen molar-refractivity contribution in [3.63, 3.8) is 0 Å². The summed E-state index contributed by atoms with van der Waals surface area (Å²) < 4.78 is 10.6. The first-order valence-electron chi connectivity index (χ1n) is 6.96. The molecule has 1 heterocycles. The lowest BCUT2D eigenvalue weighted by atomic mass is 10.2. The van der Waals surface area contributed by atoms with E-state index < -0.39 is 0 Å². The van der Waals surface area contributed by atoms with Crippen molar-refractivity contribution < 1.29 is 14.3 Å². The highest BCUT2D eigenvalue weighted by Gasteiger charge is 2.15. The van der Waals surface area contributed by atoms with Crippen LogP contribution in [0, 0.1) is 5.92 Å². The van der Waals surface area contributed by atoms with Gasteiger partial charge >= 0.3 is 0 Å². The number of carbonyl (C=O) groups excluding carboxylic acids is 1. The van der Waals surface area contributed by atoms with Crippen LogP contribution in [0.15, 0.2) is 18.2 Å². The van der Waals surface area contributed by atoms with Gasteiger partial charge in [-0.05, 0) is 30.5 Å². The van der Waals surface area contributed by atoms with E-state index in [0.29, 0.717) is 19.0 Å². The van der Waals surface area contributed by atoms with Gasteiger partial charge in [-0.2, -0.15) is 0 Å². The molecule has 0 fully saturated rings. The number of nitrogens with one attached hydrogen (secondary N) is 2. The van der Waals surface area contributed by atoms with Crippen LogP contribution in [0.5, 0.6) is 11.5 Å². The molecule has 1 atom stereocenters. The van der Waals surface area contributed by atoms with Crippen molar-refractivity contribution in [3.05, 3.63) is 23.8 Å². The van der Waals surface area contributed by atoms with Crippen molar-refractivity contribution in [1.82, 2.24) is 10.6 Å². The highest BCUT2D eigenvalue weighted by Crippen LogP contribution is 2.32. The Kier molecular flexibility index (Phi) is 4.84. The second kappa shape index (κ2) is 6.61. The summed E-state index contributed by atoms with van der Waals surface area (Å²) >= 11 is 0. The van der Waals surface area contributed by atoms with E-state index in [-0.39, 0.29) is 18.7 Å². The first-order chi connectivity index (χ1) is 9.56. The maximum absolute atomic E-state index is 11.8. The molecule has 2 rings (SSSR count). The van der Waals surface area contributed by atoms with Crippen molar-refractivity contribution in [1.29, 1.82) is 0 Å². The van der Waals surface area contributed by atoms with Gasteiger partial charge in [-0.1, -0.05) is 19.9 Å². The van der Waals surface area contributed by atoms with Crippen molar-refractivity contribution in [2.45, 2.75) is 33.4 Å². The maximum Gasteiger partial charge on any atom is 0.236 e. The number of hydrogen-bond donors (Lipinski definition) is 2. The fourth-order valence-electron chi connectivity index (χ4n) is 1.87. The van der Waals surface area contributed by atoms with Gasteiger partial charge in [0.15, 0.2) is 11.5 Å². The van der Waals surface area contributed by atoms with Crippen LogP contribution < -0.4 is 20.1 Å². The topological polar surface area (TPSA) is 59.6 Å². The standard InChI is InChI=1S/C15H22N2O3/c1-10(2)7-17-15(18)11(3)16-8-12-4-5-13-14(6-12)20-9-19-13/h4-6,10-11,16H,7-9H2,1-3H3,(H,17,18). The highest BCUT2D eigenvalue weighted by atomic mass is 16.7. The van der Waals surface area contributed by atoms with Gasteiger partial charge in [0.2, 0.25) is 12.7 Å². The van der Waals surface area contributed by atoms with Crippen LogP contribution >= 0.6 is 0 Å². The van der Waals surface area contributed by atoms with Gasteiger partial charge in [0, 0.05) is 13.1 Å².